The Hall–Kier alpha value is -2.20. The molecule has 4 unspecified atom stereocenters. The highest BCUT2D eigenvalue weighted by atomic mass is 19.4. The van der Waals surface area contributed by atoms with Gasteiger partial charge in [-0.05, 0) is 88.7 Å². The van der Waals surface area contributed by atoms with Crippen LogP contribution >= 0.6 is 0 Å². The number of hydrogen-bond donors (Lipinski definition) is 0. The van der Waals surface area contributed by atoms with E-state index in [4.69, 9.17) is 4.74 Å². The zero-order valence-corrected chi connectivity index (χ0v) is 26.5. The second-order valence-electron chi connectivity index (χ2n) is 13.4. The number of rotatable bonds is 8. The van der Waals surface area contributed by atoms with Gasteiger partial charge in [0.05, 0.1) is 6.10 Å². The highest BCUT2D eigenvalue weighted by molar-refractivity contribution is 5.68. The lowest BCUT2D eigenvalue weighted by Crippen LogP contribution is -2.48. The number of allylic oxidation sites excluding steroid dienone is 5. The quantitative estimate of drug-likeness (QED) is 0.155. The SMILES string of the molecule is C=C(C=CC(=CC)CN1CCCN(C(=O)OC(C)(C)C)CC1)C1CC2(C)C(CCC2OC(F)(F)C(F)(F)F)CC1=CCC. The molecule has 0 spiro atoms. The second-order valence-corrected chi connectivity index (χ2v) is 13.4. The van der Waals surface area contributed by atoms with Gasteiger partial charge < -0.3 is 14.4 Å². The summed E-state index contributed by atoms with van der Waals surface area (Å²) in [6.45, 7) is 19.1. The number of hydrogen-bond acceptors (Lipinski definition) is 4. The first-order valence-corrected chi connectivity index (χ1v) is 15.4. The summed E-state index contributed by atoms with van der Waals surface area (Å²) >= 11 is 0. The molecule has 43 heavy (non-hydrogen) atoms. The van der Waals surface area contributed by atoms with Crippen molar-refractivity contribution < 1.29 is 36.2 Å². The van der Waals surface area contributed by atoms with Crippen molar-refractivity contribution >= 4 is 6.09 Å². The van der Waals surface area contributed by atoms with Gasteiger partial charge in [-0.1, -0.05) is 50.3 Å². The van der Waals surface area contributed by atoms with Crippen molar-refractivity contribution in [2.75, 3.05) is 32.7 Å². The molecule has 3 rings (SSSR count). The summed E-state index contributed by atoms with van der Waals surface area (Å²) in [7, 11) is 0. The fourth-order valence-electron chi connectivity index (χ4n) is 6.67. The number of amides is 1. The minimum Gasteiger partial charge on any atom is -0.444 e. The van der Waals surface area contributed by atoms with Gasteiger partial charge in [0.1, 0.15) is 5.60 Å². The lowest BCUT2D eigenvalue weighted by atomic mass is 9.61. The van der Waals surface area contributed by atoms with Crippen LogP contribution in [0.15, 0.2) is 47.6 Å². The second kappa shape index (κ2) is 13.8. The molecular weight excluding hydrogens is 567 g/mol. The molecule has 2 saturated carbocycles. The van der Waals surface area contributed by atoms with Gasteiger partial charge in [-0.3, -0.25) is 4.90 Å². The molecule has 0 aromatic carbocycles. The zero-order chi connectivity index (χ0) is 32.2. The summed E-state index contributed by atoms with van der Waals surface area (Å²) in [4.78, 5) is 16.6. The first kappa shape index (κ1) is 35.3. The van der Waals surface area contributed by atoms with E-state index in [-0.39, 0.29) is 24.3 Å². The average molecular weight is 617 g/mol. The van der Waals surface area contributed by atoms with Gasteiger partial charge in [-0.2, -0.15) is 22.0 Å². The molecule has 3 fully saturated rings. The Labute approximate surface area is 253 Å². The van der Waals surface area contributed by atoms with Crippen molar-refractivity contribution in [2.45, 2.75) is 104 Å². The molecule has 0 aromatic rings. The maximum atomic E-state index is 13.9. The molecule has 10 heteroatoms. The van der Waals surface area contributed by atoms with Crippen molar-refractivity contribution in [2.24, 2.45) is 17.3 Å². The molecule has 244 valence electrons. The van der Waals surface area contributed by atoms with Crippen molar-refractivity contribution in [1.82, 2.24) is 9.80 Å². The lowest BCUT2D eigenvalue weighted by Gasteiger charge is -2.46. The Bertz CT molecular complexity index is 1090. The van der Waals surface area contributed by atoms with Gasteiger partial charge in [-0.15, -0.1) is 0 Å². The molecule has 0 bridgehead atoms. The number of halogens is 5. The molecule has 3 aliphatic rings. The van der Waals surface area contributed by atoms with Gasteiger partial charge in [-0.25, -0.2) is 4.79 Å². The molecular formula is C33H49F5N2O3. The van der Waals surface area contributed by atoms with Crippen molar-refractivity contribution in [3.63, 3.8) is 0 Å². The minimum atomic E-state index is -5.75. The predicted octanol–water partition coefficient (Wildman–Crippen LogP) is 8.69. The highest BCUT2D eigenvalue weighted by Gasteiger charge is 2.63. The summed E-state index contributed by atoms with van der Waals surface area (Å²) in [6.07, 6.45) is -0.888. The molecule has 1 aliphatic heterocycles. The van der Waals surface area contributed by atoms with E-state index in [2.05, 4.69) is 22.3 Å². The van der Waals surface area contributed by atoms with Gasteiger partial charge in [0.15, 0.2) is 0 Å². The van der Waals surface area contributed by atoms with Crippen LogP contribution in [0.5, 0.6) is 0 Å². The fourth-order valence-corrected chi connectivity index (χ4v) is 6.67. The van der Waals surface area contributed by atoms with Crippen LogP contribution in [0.2, 0.25) is 0 Å². The maximum absolute atomic E-state index is 13.9. The first-order chi connectivity index (χ1) is 19.9. The zero-order valence-electron chi connectivity index (χ0n) is 26.5. The van der Waals surface area contributed by atoms with Crippen LogP contribution in [0.1, 0.15) is 80.1 Å². The van der Waals surface area contributed by atoms with Gasteiger partial charge in [0.2, 0.25) is 0 Å². The Morgan fingerprint density at radius 1 is 1.07 bits per heavy atom. The summed E-state index contributed by atoms with van der Waals surface area (Å²) < 4.78 is 76.9. The molecule has 2 aliphatic carbocycles. The smallest absolute Gasteiger partial charge is 0.444 e. The van der Waals surface area contributed by atoms with Gasteiger partial charge in [0.25, 0.3) is 0 Å². The van der Waals surface area contributed by atoms with Crippen LogP contribution in [0, 0.1) is 17.3 Å². The Balaban J connectivity index is 1.68. The van der Waals surface area contributed by atoms with Crippen LogP contribution in [0.25, 0.3) is 0 Å². The maximum Gasteiger partial charge on any atom is 0.482 e. The molecule has 0 N–H and O–H groups in total. The molecule has 1 amide bonds. The lowest BCUT2D eigenvalue weighted by molar-refractivity contribution is -0.408. The normalized spacial score (nSPS) is 29.2. The first-order valence-electron chi connectivity index (χ1n) is 15.4. The summed E-state index contributed by atoms with van der Waals surface area (Å²) in [5.41, 5.74) is 1.67. The molecule has 4 atom stereocenters. The molecule has 0 radical (unpaired) electrons. The third-order valence-corrected chi connectivity index (χ3v) is 9.08. The van der Waals surface area contributed by atoms with Crippen LogP contribution in [-0.2, 0) is 9.47 Å². The van der Waals surface area contributed by atoms with E-state index in [1.807, 2.05) is 52.8 Å². The van der Waals surface area contributed by atoms with E-state index >= 15 is 0 Å². The number of ether oxygens (including phenoxy) is 2. The summed E-state index contributed by atoms with van der Waals surface area (Å²) in [6, 6.07) is 0. The van der Waals surface area contributed by atoms with Crippen molar-refractivity contribution in [1.29, 1.82) is 0 Å². The Kier molecular flexibility index (Phi) is 11.4. The van der Waals surface area contributed by atoms with E-state index < -0.39 is 29.4 Å². The van der Waals surface area contributed by atoms with Crippen molar-refractivity contribution in [3.8, 4) is 0 Å². The van der Waals surface area contributed by atoms with Crippen LogP contribution in [-0.4, -0.2) is 72.6 Å². The predicted molar refractivity (Wildman–Crippen MR) is 159 cm³/mol. The number of carbonyl (C=O) groups excluding carboxylic acids is 1. The Morgan fingerprint density at radius 3 is 2.37 bits per heavy atom. The molecule has 1 heterocycles. The van der Waals surface area contributed by atoms with E-state index in [1.165, 1.54) is 5.57 Å². The standard InChI is InChI=1S/C33H49F5N2O3/c1-8-11-25-20-26-14-15-28(42-33(37,38)32(34,35)36)31(26,7)21-27(25)23(3)12-13-24(9-2)22-39-16-10-17-40(19-18-39)29(41)43-30(4,5)6/h9,11-13,26-28H,3,8,10,14-22H2,1-2,4-7H3. The Morgan fingerprint density at radius 2 is 1.77 bits per heavy atom. The topological polar surface area (TPSA) is 42.0 Å². The largest absolute Gasteiger partial charge is 0.482 e. The molecule has 0 aromatic heterocycles. The average Bonchev–Trinajstić information content (AvgIpc) is 3.04. The van der Waals surface area contributed by atoms with Crippen LogP contribution in [0.4, 0.5) is 26.7 Å². The van der Waals surface area contributed by atoms with Gasteiger partial charge in [0, 0.05) is 38.6 Å². The number of fused-ring (bicyclic) bond motifs is 1. The summed E-state index contributed by atoms with van der Waals surface area (Å²) in [5.74, 6) is -0.193. The van der Waals surface area contributed by atoms with Crippen LogP contribution < -0.4 is 0 Å². The molecule has 1 saturated heterocycles. The highest BCUT2D eigenvalue weighted by Crippen LogP contribution is 2.59. The van der Waals surface area contributed by atoms with E-state index in [0.29, 0.717) is 45.4 Å². The summed E-state index contributed by atoms with van der Waals surface area (Å²) in [5, 5.41) is 0. The van der Waals surface area contributed by atoms with Gasteiger partial charge >= 0.3 is 18.4 Å². The third-order valence-electron chi connectivity index (χ3n) is 9.08. The van der Waals surface area contributed by atoms with E-state index in [1.54, 1.807) is 11.8 Å². The van der Waals surface area contributed by atoms with Crippen LogP contribution in [0.3, 0.4) is 0 Å². The van der Waals surface area contributed by atoms with E-state index in [9.17, 15) is 26.7 Å². The number of alkyl halides is 5. The monoisotopic (exact) mass is 616 g/mol. The molecule has 5 nitrogen and oxygen atoms in total. The minimum absolute atomic E-state index is 0.0262. The van der Waals surface area contributed by atoms with Crippen molar-refractivity contribution in [3.05, 3.63) is 47.6 Å². The number of carbonyl (C=O) groups is 1. The van der Waals surface area contributed by atoms with E-state index in [0.717, 1.165) is 30.5 Å². The fraction of sp³-hybridized carbons (Fsp3) is 0.727. The third kappa shape index (κ3) is 8.93. The number of nitrogens with zero attached hydrogens (tertiary/aromatic N) is 2.